The maximum atomic E-state index is 13.7. The molecular formula is C28H30Cl2N2O2. The zero-order valence-corrected chi connectivity index (χ0v) is 21.1. The van der Waals surface area contributed by atoms with Gasteiger partial charge in [-0.3, -0.25) is 9.59 Å². The van der Waals surface area contributed by atoms with Crippen LogP contribution in [0.4, 0.5) is 0 Å². The lowest BCUT2D eigenvalue weighted by Gasteiger charge is -2.32. The van der Waals surface area contributed by atoms with E-state index in [2.05, 4.69) is 5.32 Å². The van der Waals surface area contributed by atoms with Crippen molar-refractivity contribution in [2.24, 2.45) is 0 Å². The highest BCUT2D eigenvalue weighted by atomic mass is 35.5. The minimum absolute atomic E-state index is 0.0106. The summed E-state index contributed by atoms with van der Waals surface area (Å²) in [5.74, 6) is -0.374. The molecule has 0 spiro atoms. The van der Waals surface area contributed by atoms with Crippen LogP contribution in [0.2, 0.25) is 10.0 Å². The molecule has 4 nitrogen and oxygen atoms in total. The number of rotatable bonds is 10. The summed E-state index contributed by atoms with van der Waals surface area (Å²) in [6.45, 7) is 4.86. The standard InChI is InChI=1S/C28H30Cl2N2O2/c1-3-15-31-28(34)26(17-21-10-5-4-6-11-21)32(19-22-12-7-9-20(2)16-22)27(33)18-23-24(29)13-8-14-25(23)30/h4-14,16,26H,3,15,17-19H2,1-2H3,(H,31,34)/t26-/m1/s1. The van der Waals surface area contributed by atoms with Crippen molar-refractivity contribution >= 4 is 35.0 Å². The molecule has 3 aromatic rings. The van der Waals surface area contributed by atoms with Gasteiger partial charge >= 0.3 is 0 Å². The van der Waals surface area contributed by atoms with Crippen molar-refractivity contribution < 1.29 is 9.59 Å². The smallest absolute Gasteiger partial charge is 0.243 e. The predicted octanol–water partition coefficient (Wildman–Crippen LogP) is 6.01. The summed E-state index contributed by atoms with van der Waals surface area (Å²) < 4.78 is 0. The number of halogens is 2. The Balaban J connectivity index is 1.99. The van der Waals surface area contributed by atoms with Gasteiger partial charge in [0, 0.05) is 29.6 Å². The topological polar surface area (TPSA) is 49.4 Å². The third-order valence-corrected chi connectivity index (χ3v) is 6.35. The highest BCUT2D eigenvalue weighted by Gasteiger charge is 2.31. The fraction of sp³-hybridized carbons (Fsp3) is 0.286. The van der Waals surface area contributed by atoms with Crippen LogP contribution >= 0.6 is 23.2 Å². The zero-order valence-electron chi connectivity index (χ0n) is 19.6. The molecule has 0 radical (unpaired) electrons. The molecule has 6 heteroatoms. The molecule has 178 valence electrons. The van der Waals surface area contributed by atoms with Crippen LogP contribution in [-0.2, 0) is 29.0 Å². The third kappa shape index (κ3) is 7.09. The molecular weight excluding hydrogens is 467 g/mol. The Kier molecular flexibility index (Phi) is 9.55. The first-order chi connectivity index (χ1) is 16.4. The average molecular weight is 497 g/mol. The molecule has 0 aliphatic rings. The normalized spacial score (nSPS) is 11.6. The largest absolute Gasteiger partial charge is 0.354 e. The molecule has 34 heavy (non-hydrogen) atoms. The van der Waals surface area contributed by atoms with Crippen LogP contribution in [0.25, 0.3) is 0 Å². The van der Waals surface area contributed by atoms with Gasteiger partial charge in [0.25, 0.3) is 0 Å². The molecule has 1 N–H and O–H groups in total. The maximum absolute atomic E-state index is 13.7. The summed E-state index contributed by atoms with van der Waals surface area (Å²) >= 11 is 12.7. The summed E-state index contributed by atoms with van der Waals surface area (Å²) in [6, 6.07) is 22.2. The maximum Gasteiger partial charge on any atom is 0.243 e. The number of nitrogens with one attached hydrogen (secondary N) is 1. The molecule has 0 unspecified atom stereocenters. The van der Waals surface area contributed by atoms with E-state index >= 15 is 0 Å². The predicted molar refractivity (Wildman–Crippen MR) is 139 cm³/mol. The summed E-state index contributed by atoms with van der Waals surface area (Å²) in [6.07, 6.45) is 1.23. The number of carbonyl (C=O) groups is 2. The van der Waals surface area contributed by atoms with Crippen molar-refractivity contribution in [1.29, 1.82) is 0 Å². The van der Waals surface area contributed by atoms with Gasteiger partial charge < -0.3 is 10.2 Å². The lowest BCUT2D eigenvalue weighted by atomic mass is 10.0. The van der Waals surface area contributed by atoms with Crippen LogP contribution in [0.1, 0.15) is 35.6 Å². The van der Waals surface area contributed by atoms with Crippen molar-refractivity contribution in [3.05, 3.63) is 105 Å². The summed E-state index contributed by atoms with van der Waals surface area (Å²) in [4.78, 5) is 28.7. The molecule has 0 aliphatic carbocycles. The Bertz CT molecular complexity index is 1100. The molecule has 0 saturated heterocycles. The Morgan fingerprint density at radius 2 is 1.56 bits per heavy atom. The molecule has 0 aromatic heterocycles. The molecule has 0 saturated carbocycles. The monoisotopic (exact) mass is 496 g/mol. The van der Waals surface area contributed by atoms with Gasteiger partial charge in [-0.25, -0.2) is 0 Å². The lowest BCUT2D eigenvalue weighted by Crippen LogP contribution is -2.51. The Hall–Kier alpha value is -2.82. The quantitative estimate of drug-likeness (QED) is 0.373. The lowest BCUT2D eigenvalue weighted by molar-refractivity contribution is -0.140. The van der Waals surface area contributed by atoms with Crippen LogP contribution in [0.15, 0.2) is 72.8 Å². The molecule has 0 aliphatic heterocycles. The van der Waals surface area contributed by atoms with Gasteiger partial charge in [-0.2, -0.15) is 0 Å². The van der Waals surface area contributed by atoms with Gasteiger partial charge in [0.15, 0.2) is 0 Å². The zero-order chi connectivity index (χ0) is 24.5. The minimum Gasteiger partial charge on any atom is -0.354 e. The first-order valence-electron chi connectivity index (χ1n) is 11.5. The molecule has 0 fully saturated rings. The van der Waals surface area contributed by atoms with E-state index in [0.717, 1.165) is 23.1 Å². The van der Waals surface area contributed by atoms with E-state index in [1.54, 1.807) is 23.1 Å². The highest BCUT2D eigenvalue weighted by Crippen LogP contribution is 2.26. The van der Waals surface area contributed by atoms with E-state index in [1.165, 1.54) is 0 Å². The van der Waals surface area contributed by atoms with Crippen LogP contribution in [-0.4, -0.2) is 29.3 Å². The van der Waals surface area contributed by atoms with Crippen LogP contribution in [0.5, 0.6) is 0 Å². The van der Waals surface area contributed by atoms with Crippen molar-refractivity contribution in [1.82, 2.24) is 10.2 Å². The first-order valence-corrected chi connectivity index (χ1v) is 12.2. The number of amides is 2. The van der Waals surface area contributed by atoms with Crippen LogP contribution in [0, 0.1) is 6.92 Å². The number of benzene rings is 3. The Morgan fingerprint density at radius 3 is 2.21 bits per heavy atom. The second-order valence-electron chi connectivity index (χ2n) is 8.38. The third-order valence-electron chi connectivity index (χ3n) is 5.65. The highest BCUT2D eigenvalue weighted by molar-refractivity contribution is 6.36. The van der Waals surface area contributed by atoms with Crippen molar-refractivity contribution in [2.45, 2.75) is 45.7 Å². The van der Waals surface area contributed by atoms with Crippen LogP contribution in [0.3, 0.4) is 0 Å². The Labute approximate surface area is 211 Å². The molecule has 0 bridgehead atoms. The number of hydrogen-bond acceptors (Lipinski definition) is 2. The van der Waals surface area contributed by atoms with Crippen molar-refractivity contribution in [2.75, 3.05) is 6.54 Å². The number of carbonyl (C=O) groups excluding carboxylic acids is 2. The molecule has 2 amide bonds. The minimum atomic E-state index is -0.678. The van der Waals surface area contributed by atoms with E-state index in [1.807, 2.05) is 68.4 Å². The van der Waals surface area contributed by atoms with Gasteiger partial charge in [-0.1, -0.05) is 96.4 Å². The SMILES string of the molecule is CCCNC(=O)[C@@H](Cc1ccccc1)N(Cc1cccc(C)c1)C(=O)Cc1c(Cl)cccc1Cl. The number of nitrogens with zero attached hydrogens (tertiary/aromatic N) is 1. The summed E-state index contributed by atoms with van der Waals surface area (Å²) in [5, 5.41) is 3.86. The number of aryl methyl sites for hydroxylation is 1. The van der Waals surface area contributed by atoms with E-state index in [9.17, 15) is 9.59 Å². The van der Waals surface area contributed by atoms with Gasteiger partial charge in [0.1, 0.15) is 6.04 Å². The molecule has 3 aromatic carbocycles. The average Bonchev–Trinajstić information content (AvgIpc) is 2.82. The van der Waals surface area contributed by atoms with Gasteiger partial charge in [-0.05, 0) is 42.2 Å². The first kappa shape index (κ1) is 25.8. The van der Waals surface area contributed by atoms with Crippen LogP contribution < -0.4 is 5.32 Å². The van der Waals surface area contributed by atoms with E-state index < -0.39 is 6.04 Å². The van der Waals surface area contributed by atoms with E-state index in [4.69, 9.17) is 23.2 Å². The van der Waals surface area contributed by atoms with E-state index in [-0.39, 0.29) is 18.2 Å². The second kappa shape index (κ2) is 12.6. The summed E-state index contributed by atoms with van der Waals surface area (Å²) in [7, 11) is 0. The fourth-order valence-electron chi connectivity index (χ4n) is 3.88. The molecule has 0 heterocycles. The van der Waals surface area contributed by atoms with Gasteiger partial charge in [-0.15, -0.1) is 0 Å². The van der Waals surface area contributed by atoms with Crippen molar-refractivity contribution in [3.63, 3.8) is 0 Å². The van der Waals surface area contributed by atoms with Gasteiger partial charge in [0.05, 0.1) is 6.42 Å². The second-order valence-corrected chi connectivity index (χ2v) is 9.20. The number of hydrogen-bond donors (Lipinski definition) is 1. The molecule has 1 atom stereocenters. The molecule has 3 rings (SSSR count). The van der Waals surface area contributed by atoms with Gasteiger partial charge in [0.2, 0.25) is 11.8 Å². The fourth-order valence-corrected chi connectivity index (χ4v) is 4.41. The van der Waals surface area contributed by atoms with Crippen molar-refractivity contribution in [3.8, 4) is 0 Å². The van der Waals surface area contributed by atoms with E-state index in [0.29, 0.717) is 35.1 Å². The Morgan fingerprint density at radius 1 is 0.912 bits per heavy atom. The summed E-state index contributed by atoms with van der Waals surface area (Å²) in [5.41, 5.74) is 3.60.